The van der Waals surface area contributed by atoms with Gasteiger partial charge in [-0.25, -0.2) is 0 Å². The fourth-order valence-electron chi connectivity index (χ4n) is 0.877. The van der Waals surface area contributed by atoms with E-state index in [-0.39, 0.29) is 0 Å². The van der Waals surface area contributed by atoms with E-state index >= 15 is 0 Å². The van der Waals surface area contributed by atoms with Crippen molar-refractivity contribution in [1.82, 2.24) is 0 Å². The van der Waals surface area contributed by atoms with Crippen molar-refractivity contribution in [3.8, 4) is 5.75 Å². The molecule has 1 rings (SSSR count). The molecule has 0 amide bonds. The molecule has 0 fully saturated rings. The average molecular weight is 294 g/mol. The minimum Gasteiger partial charge on any atom is -0.497 e. The van der Waals surface area contributed by atoms with Crippen LogP contribution >= 0.6 is 34.4 Å². The van der Waals surface area contributed by atoms with Crippen LogP contribution in [0.25, 0.3) is 0 Å². The zero-order valence-corrected chi connectivity index (χ0v) is 10.1. The minimum absolute atomic E-state index is 0.936. The normalized spacial score (nSPS) is 9.92. The van der Waals surface area contributed by atoms with Crippen LogP contribution in [-0.2, 0) is 0 Å². The molecule has 1 nitrogen and oxygen atoms in total. The quantitative estimate of drug-likeness (QED) is 0.624. The lowest BCUT2D eigenvalue weighted by atomic mass is 10.3. The molecular weight excluding hydrogens is 283 g/mol. The van der Waals surface area contributed by atoms with E-state index in [0.29, 0.717) is 0 Å². The van der Waals surface area contributed by atoms with Gasteiger partial charge in [0.05, 0.1) is 7.11 Å². The third-order valence-electron chi connectivity index (χ3n) is 1.44. The number of halogens is 1. The molecule has 0 radical (unpaired) electrons. The maximum atomic E-state index is 5.14. The van der Waals surface area contributed by atoms with Crippen LogP contribution in [0.2, 0.25) is 0 Å². The van der Waals surface area contributed by atoms with Crippen molar-refractivity contribution < 1.29 is 4.74 Å². The van der Waals surface area contributed by atoms with Crippen molar-refractivity contribution in [2.75, 3.05) is 12.9 Å². The highest BCUT2D eigenvalue weighted by Gasteiger charge is 2.00. The summed E-state index contributed by atoms with van der Waals surface area (Å²) in [6.45, 7) is 2.15. The molecule has 0 saturated carbocycles. The minimum atomic E-state index is 0.936. The summed E-state index contributed by atoms with van der Waals surface area (Å²) in [7, 11) is 1.70. The summed E-state index contributed by atoms with van der Waals surface area (Å²) in [5.41, 5.74) is 0. The van der Waals surface area contributed by atoms with Crippen molar-refractivity contribution in [3.63, 3.8) is 0 Å². The highest BCUT2D eigenvalue weighted by molar-refractivity contribution is 14.1. The monoisotopic (exact) mass is 294 g/mol. The van der Waals surface area contributed by atoms with Gasteiger partial charge in [-0.3, -0.25) is 0 Å². The summed E-state index contributed by atoms with van der Waals surface area (Å²) in [6.07, 6.45) is 0. The molecule has 1 aromatic carbocycles. The molecule has 12 heavy (non-hydrogen) atoms. The van der Waals surface area contributed by atoms with Gasteiger partial charge in [-0.15, -0.1) is 11.8 Å². The molecule has 0 N–H and O–H groups in total. The molecule has 0 heterocycles. The first-order chi connectivity index (χ1) is 5.77. The second-order valence-corrected chi connectivity index (χ2v) is 4.70. The standard InChI is InChI=1S/C9H11IOS/c1-3-12-9-6-7(11-2)4-5-8(9)10/h4-6H,3H2,1-2H3. The first kappa shape index (κ1) is 10.2. The number of methoxy groups -OCH3 is 1. The number of thioether (sulfide) groups is 1. The Bertz CT molecular complexity index is 263. The first-order valence-corrected chi connectivity index (χ1v) is 5.80. The molecule has 0 saturated heterocycles. The van der Waals surface area contributed by atoms with E-state index in [1.54, 1.807) is 7.11 Å². The van der Waals surface area contributed by atoms with E-state index in [1.165, 1.54) is 8.47 Å². The van der Waals surface area contributed by atoms with Crippen LogP contribution in [0.5, 0.6) is 5.75 Å². The van der Waals surface area contributed by atoms with Crippen molar-refractivity contribution in [2.24, 2.45) is 0 Å². The molecular formula is C9H11IOS. The molecule has 0 bridgehead atoms. The first-order valence-electron chi connectivity index (χ1n) is 3.74. The molecule has 0 aliphatic rings. The lowest BCUT2D eigenvalue weighted by Crippen LogP contribution is -1.85. The van der Waals surface area contributed by atoms with Gasteiger partial charge >= 0.3 is 0 Å². The molecule has 1 aromatic rings. The smallest absolute Gasteiger partial charge is 0.120 e. The van der Waals surface area contributed by atoms with Gasteiger partial charge in [0.1, 0.15) is 5.75 Å². The molecule has 0 atom stereocenters. The van der Waals surface area contributed by atoms with Crippen LogP contribution in [0, 0.1) is 3.57 Å². The lowest BCUT2D eigenvalue weighted by molar-refractivity contribution is 0.413. The molecule has 0 aliphatic heterocycles. The number of ether oxygens (including phenoxy) is 1. The fraction of sp³-hybridized carbons (Fsp3) is 0.333. The second-order valence-electron chi connectivity index (χ2n) is 2.23. The van der Waals surface area contributed by atoms with Crippen molar-refractivity contribution in [3.05, 3.63) is 21.8 Å². The third-order valence-corrected chi connectivity index (χ3v) is 3.68. The molecule has 66 valence electrons. The summed E-state index contributed by atoms with van der Waals surface area (Å²) in [4.78, 5) is 1.30. The van der Waals surface area contributed by atoms with Crippen LogP contribution < -0.4 is 4.74 Å². The van der Waals surface area contributed by atoms with Gasteiger partial charge in [0.15, 0.2) is 0 Å². The topological polar surface area (TPSA) is 9.23 Å². The average Bonchev–Trinajstić information content (AvgIpc) is 2.09. The van der Waals surface area contributed by atoms with Gasteiger partial charge in [-0.1, -0.05) is 6.92 Å². The number of hydrogen-bond donors (Lipinski definition) is 0. The van der Waals surface area contributed by atoms with E-state index < -0.39 is 0 Å². The summed E-state index contributed by atoms with van der Waals surface area (Å²) in [6, 6.07) is 6.15. The molecule has 0 aliphatic carbocycles. The zero-order valence-electron chi connectivity index (χ0n) is 7.13. The molecule has 0 unspecified atom stereocenters. The van der Waals surface area contributed by atoms with Gasteiger partial charge in [-0.2, -0.15) is 0 Å². The van der Waals surface area contributed by atoms with Crippen molar-refractivity contribution in [2.45, 2.75) is 11.8 Å². The predicted molar refractivity (Wildman–Crippen MR) is 62.1 cm³/mol. The highest BCUT2D eigenvalue weighted by atomic mass is 127. The summed E-state index contributed by atoms with van der Waals surface area (Å²) >= 11 is 4.18. The van der Waals surface area contributed by atoms with Gasteiger partial charge in [0.2, 0.25) is 0 Å². The number of benzene rings is 1. The van der Waals surface area contributed by atoms with Crippen molar-refractivity contribution in [1.29, 1.82) is 0 Å². The summed E-state index contributed by atoms with van der Waals surface area (Å²) < 4.78 is 6.43. The maximum absolute atomic E-state index is 5.14. The predicted octanol–water partition coefficient (Wildman–Crippen LogP) is 3.41. The molecule has 3 heteroatoms. The zero-order chi connectivity index (χ0) is 8.97. The van der Waals surface area contributed by atoms with Gasteiger partial charge < -0.3 is 4.74 Å². The Morgan fingerprint density at radius 1 is 1.50 bits per heavy atom. The number of rotatable bonds is 3. The van der Waals surface area contributed by atoms with Crippen LogP contribution in [-0.4, -0.2) is 12.9 Å². The SMILES string of the molecule is CCSc1cc(OC)ccc1I. The van der Waals surface area contributed by atoms with Crippen LogP contribution in [0.15, 0.2) is 23.1 Å². The Labute approximate surface area is 91.0 Å². The van der Waals surface area contributed by atoms with E-state index in [4.69, 9.17) is 4.74 Å². The van der Waals surface area contributed by atoms with E-state index in [9.17, 15) is 0 Å². The van der Waals surface area contributed by atoms with Crippen LogP contribution in [0.3, 0.4) is 0 Å². The van der Waals surface area contributed by atoms with Crippen molar-refractivity contribution >= 4 is 34.4 Å². The Morgan fingerprint density at radius 2 is 2.25 bits per heavy atom. The fourth-order valence-corrected chi connectivity index (χ4v) is 2.40. The van der Waals surface area contributed by atoms with Crippen LogP contribution in [0.4, 0.5) is 0 Å². The van der Waals surface area contributed by atoms with E-state index in [2.05, 4.69) is 41.6 Å². The summed E-state index contributed by atoms with van der Waals surface area (Å²) in [5.74, 6) is 2.04. The Hall–Kier alpha value is 0.100. The van der Waals surface area contributed by atoms with E-state index in [1.807, 2.05) is 17.8 Å². The van der Waals surface area contributed by atoms with Gasteiger partial charge in [0.25, 0.3) is 0 Å². The van der Waals surface area contributed by atoms with E-state index in [0.717, 1.165) is 11.5 Å². The Morgan fingerprint density at radius 3 is 2.83 bits per heavy atom. The van der Waals surface area contributed by atoms with Gasteiger partial charge in [0, 0.05) is 8.47 Å². The largest absolute Gasteiger partial charge is 0.497 e. The summed E-state index contributed by atoms with van der Waals surface area (Å²) in [5, 5.41) is 0. The maximum Gasteiger partial charge on any atom is 0.120 e. The Balaban J connectivity index is 2.91. The Kier molecular flexibility index (Phi) is 4.21. The molecule has 0 spiro atoms. The highest BCUT2D eigenvalue weighted by Crippen LogP contribution is 2.27. The van der Waals surface area contributed by atoms with Crippen LogP contribution in [0.1, 0.15) is 6.92 Å². The number of hydrogen-bond acceptors (Lipinski definition) is 2. The molecule has 0 aromatic heterocycles. The third kappa shape index (κ3) is 2.55. The second kappa shape index (κ2) is 4.97. The lowest BCUT2D eigenvalue weighted by Gasteiger charge is -2.04. The van der Waals surface area contributed by atoms with Gasteiger partial charge in [-0.05, 0) is 46.5 Å².